The van der Waals surface area contributed by atoms with Gasteiger partial charge in [0.1, 0.15) is 11.5 Å². The van der Waals surface area contributed by atoms with Gasteiger partial charge in [-0.15, -0.1) is 0 Å². The van der Waals surface area contributed by atoms with Crippen LogP contribution in [0.3, 0.4) is 0 Å². The van der Waals surface area contributed by atoms with Crippen molar-refractivity contribution in [2.75, 3.05) is 5.32 Å². The third-order valence-electron chi connectivity index (χ3n) is 6.58. The molecule has 2 heterocycles. The van der Waals surface area contributed by atoms with Crippen molar-refractivity contribution in [3.8, 4) is 11.1 Å². The number of carbonyl (C=O) groups excluding carboxylic acids is 1. The number of rotatable bonds is 4. The molecule has 1 amide bonds. The van der Waals surface area contributed by atoms with Crippen LogP contribution in [0.15, 0.2) is 35.6 Å². The average molecular weight is 435 g/mol. The number of carbonyl (C=O) groups is 1. The van der Waals surface area contributed by atoms with E-state index in [2.05, 4.69) is 40.2 Å². The molecule has 0 spiro atoms. The van der Waals surface area contributed by atoms with Crippen LogP contribution < -0.4 is 5.32 Å². The van der Waals surface area contributed by atoms with E-state index in [1.807, 2.05) is 18.3 Å². The summed E-state index contributed by atoms with van der Waals surface area (Å²) in [5.41, 5.74) is 4.82. The van der Waals surface area contributed by atoms with Gasteiger partial charge in [-0.1, -0.05) is 58.1 Å². The zero-order valence-corrected chi connectivity index (χ0v) is 18.8. The number of halogens is 1. The van der Waals surface area contributed by atoms with Gasteiger partial charge in [0.15, 0.2) is 0 Å². The number of aromatic amines is 1. The summed E-state index contributed by atoms with van der Waals surface area (Å²) in [5.74, 6) is 1.00. The van der Waals surface area contributed by atoms with Gasteiger partial charge in [-0.05, 0) is 47.9 Å². The quantitative estimate of drug-likeness (QED) is 0.443. The molecule has 3 aromatic rings. The largest absolute Gasteiger partial charge is 0.343 e. The van der Waals surface area contributed by atoms with Crippen molar-refractivity contribution in [2.24, 2.45) is 16.8 Å². The molecule has 1 aliphatic heterocycles. The molecule has 0 bridgehead atoms. The molecule has 1 aliphatic carbocycles. The molecule has 2 aliphatic rings. The van der Waals surface area contributed by atoms with E-state index in [9.17, 15) is 9.18 Å². The molecule has 1 aromatic heterocycles. The topological polar surface area (TPSA) is 70.1 Å². The van der Waals surface area contributed by atoms with Gasteiger partial charge in [-0.2, -0.15) is 0 Å². The van der Waals surface area contributed by atoms with Gasteiger partial charge in [0.05, 0.1) is 23.0 Å². The SMILES string of the molecule is CC1CCCCC1.CCC1C=Nc2cc(-c3cc(F)c(NC=O)c4[nH]cnc34)ccc2C1. The number of nitrogens with one attached hydrogen (secondary N) is 2. The Hall–Kier alpha value is -3.02. The average Bonchev–Trinajstić information content (AvgIpc) is 3.31. The van der Waals surface area contributed by atoms with Crippen molar-refractivity contribution >= 4 is 35.0 Å². The predicted molar refractivity (Wildman–Crippen MR) is 129 cm³/mol. The highest BCUT2D eigenvalue weighted by atomic mass is 19.1. The summed E-state index contributed by atoms with van der Waals surface area (Å²) < 4.78 is 14.5. The highest BCUT2D eigenvalue weighted by molar-refractivity contribution is 6.01. The molecule has 1 atom stereocenters. The van der Waals surface area contributed by atoms with Gasteiger partial charge < -0.3 is 10.3 Å². The number of benzene rings is 2. The van der Waals surface area contributed by atoms with Gasteiger partial charge in [0.25, 0.3) is 0 Å². The molecule has 2 aromatic carbocycles. The number of imidazole rings is 1. The zero-order valence-electron chi connectivity index (χ0n) is 18.8. The fourth-order valence-electron chi connectivity index (χ4n) is 4.60. The molecule has 0 saturated heterocycles. The minimum absolute atomic E-state index is 0.105. The number of hydrogen-bond donors (Lipinski definition) is 2. The Morgan fingerprint density at radius 3 is 2.72 bits per heavy atom. The van der Waals surface area contributed by atoms with Crippen LogP contribution >= 0.6 is 0 Å². The van der Waals surface area contributed by atoms with Crippen molar-refractivity contribution in [3.05, 3.63) is 42.0 Å². The second kappa shape index (κ2) is 10.1. The van der Waals surface area contributed by atoms with Gasteiger partial charge in [0.2, 0.25) is 6.41 Å². The number of anilines is 1. The number of H-pyrrole nitrogens is 1. The molecule has 0 radical (unpaired) electrons. The second-order valence-electron chi connectivity index (χ2n) is 8.91. The lowest BCUT2D eigenvalue weighted by atomic mass is 9.91. The molecule has 32 heavy (non-hydrogen) atoms. The number of aliphatic imine (C=N–C) groups is 1. The minimum atomic E-state index is -0.508. The van der Waals surface area contributed by atoms with E-state index in [0.29, 0.717) is 28.9 Å². The first-order valence-corrected chi connectivity index (χ1v) is 11.6. The molecule has 5 rings (SSSR count). The number of amides is 1. The van der Waals surface area contributed by atoms with Crippen LogP contribution in [0, 0.1) is 17.7 Å². The number of aromatic nitrogens is 2. The first kappa shape index (κ1) is 22.2. The maximum Gasteiger partial charge on any atom is 0.211 e. The van der Waals surface area contributed by atoms with Gasteiger partial charge >= 0.3 is 0 Å². The first-order chi connectivity index (χ1) is 15.6. The summed E-state index contributed by atoms with van der Waals surface area (Å²) in [6, 6.07) is 7.39. The lowest BCUT2D eigenvalue weighted by Gasteiger charge is -2.18. The van der Waals surface area contributed by atoms with E-state index < -0.39 is 5.82 Å². The Balaban J connectivity index is 0.000000300. The van der Waals surface area contributed by atoms with Crippen LogP contribution in [-0.4, -0.2) is 22.6 Å². The third kappa shape index (κ3) is 4.74. The summed E-state index contributed by atoms with van der Waals surface area (Å²) in [7, 11) is 0. The molecule has 6 heteroatoms. The highest BCUT2D eigenvalue weighted by Gasteiger charge is 2.18. The molecule has 1 saturated carbocycles. The minimum Gasteiger partial charge on any atom is -0.343 e. The molecule has 5 nitrogen and oxygen atoms in total. The van der Waals surface area contributed by atoms with E-state index in [-0.39, 0.29) is 5.69 Å². The fourth-order valence-corrected chi connectivity index (χ4v) is 4.60. The standard InChI is InChI=1S/C19H17FN4O.C7H14/c1-2-11-5-13-4-3-12(6-16(13)21-8-11)14-7-15(20)18(24-10-25)19-17(14)22-9-23-19;1-7-5-3-2-4-6-7/h3-4,6-11H,2,5H2,1H3,(H,22,23)(H,24,25);7H,2-6H2,1H3. The molecular formula is C26H31FN4O. The number of fused-ring (bicyclic) bond motifs is 2. The Bertz CT molecular complexity index is 1110. The summed E-state index contributed by atoms with van der Waals surface area (Å²) in [6.07, 6.45) is 13.4. The van der Waals surface area contributed by atoms with Crippen LogP contribution in [0.1, 0.15) is 57.9 Å². The van der Waals surface area contributed by atoms with E-state index in [1.165, 1.54) is 50.1 Å². The van der Waals surface area contributed by atoms with E-state index in [4.69, 9.17) is 0 Å². The maximum absolute atomic E-state index is 14.5. The van der Waals surface area contributed by atoms with Gasteiger partial charge in [0, 0.05) is 11.8 Å². The summed E-state index contributed by atoms with van der Waals surface area (Å²) in [4.78, 5) is 22.5. The van der Waals surface area contributed by atoms with Gasteiger partial charge in [-0.25, -0.2) is 9.37 Å². The zero-order chi connectivity index (χ0) is 22.5. The Labute approximate surface area is 188 Å². The van der Waals surface area contributed by atoms with Crippen molar-refractivity contribution in [1.29, 1.82) is 0 Å². The van der Waals surface area contributed by atoms with E-state index in [0.717, 1.165) is 30.0 Å². The summed E-state index contributed by atoms with van der Waals surface area (Å²) in [5, 5.41) is 2.39. The highest BCUT2D eigenvalue weighted by Crippen LogP contribution is 2.37. The molecular weight excluding hydrogens is 403 g/mol. The Morgan fingerprint density at radius 2 is 2.03 bits per heavy atom. The Kier molecular flexibility index (Phi) is 6.98. The molecule has 2 N–H and O–H groups in total. The Morgan fingerprint density at radius 1 is 1.22 bits per heavy atom. The monoisotopic (exact) mass is 434 g/mol. The lowest BCUT2D eigenvalue weighted by molar-refractivity contribution is -0.105. The van der Waals surface area contributed by atoms with Crippen molar-refractivity contribution in [1.82, 2.24) is 9.97 Å². The summed E-state index contributed by atoms with van der Waals surface area (Å²) in [6.45, 7) is 4.52. The van der Waals surface area contributed by atoms with Crippen LogP contribution in [0.5, 0.6) is 0 Å². The van der Waals surface area contributed by atoms with Crippen molar-refractivity contribution in [2.45, 2.75) is 58.8 Å². The molecule has 1 unspecified atom stereocenters. The maximum atomic E-state index is 14.5. The second-order valence-corrected chi connectivity index (χ2v) is 8.91. The summed E-state index contributed by atoms with van der Waals surface area (Å²) >= 11 is 0. The number of nitrogens with zero attached hydrogens (tertiary/aromatic N) is 2. The predicted octanol–water partition coefficient (Wildman–Crippen LogP) is 6.81. The first-order valence-electron chi connectivity index (χ1n) is 11.6. The third-order valence-corrected chi connectivity index (χ3v) is 6.58. The number of hydrogen-bond acceptors (Lipinski definition) is 3. The molecule has 168 valence electrons. The lowest BCUT2D eigenvalue weighted by Crippen LogP contribution is -2.08. The normalized spacial score (nSPS) is 18.0. The van der Waals surface area contributed by atoms with Crippen LogP contribution in [0.25, 0.3) is 22.2 Å². The van der Waals surface area contributed by atoms with Crippen LogP contribution in [-0.2, 0) is 11.2 Å². The van der Waals surface area contributed by atoms with Crippen LogP contribution in [0.4, 0.5) is 15.8 Å². The fraction of sp³-hybridized carbons (Fsp3) is 0.423. The van der Waals surface area contributed by atoms with Crippen molar-refractivity contribution < 1.29 is 9.18 Å². The van der Waals surface area contributed by atoms with Crippen molar-refractivity contribution in [3.63, 3.8) is 0 Å². The smallest absolute Gasteiger partial charge is 0.211 e. The van der Waals surface area contributed by atoms with E-state index in [1.54, 1.807) is 0 Å². The van der Waals surface area contributed by atoms with Gasteiger partial charge in [-0.3, -0.25) is 9.79 Å². The molecule has 1 fully saturated rings. The van der Waals surface area contributed by atoms with E-state index >= 15 is 0 Å². The van der Waals surface area contributed by atoms with Crippen LogP contribution in [0.2, 0.25) is 0 Å².